The van der Waals surface area contributed by atoms with E-state index in [1.807, 2.05) is 0 Å². The molecule has 116 valence electrons. The topological polar surface area (TPSA) is 15.3 Å². The Morgan fingerprint density at radius 3 is 2.81 bits per heavy atom. The van der Waals surface area contributed by atoms with Gasteiger partial charge >= 0.3 is 0 Å². The average Bonchev–Trinajstić information content (AvgIpc) is 3.30. The van der Waals surface area contributed by atoms with Crippen LogP contribution >= 0.6 is 0 Å². The van der Waals surface area contributed by atoms with Crippen LogP contribution in [-0.2, 0) is 6.54 Å². The molecule has 1 saturated heterocycles. The van der Waals surface area contributed by atoms with E-state index in [-0.39, 0.29) is 5.82 Å². The van der Waals surface area contributed by atoms with Crippen LogP contribution in [0.3, 0.4) is 0 Å². The van der Waals surface area contributed by atoms with Crippen molar-refractivity contribution in [1.82, 2.24) is 5.32 Å². The number of nitrogens with one attached hydrogen (secondary N) is 1. The van der Waals surface area contributed by atoms with Crippen molar-refractivity contribution in [2.45, 2.75) is 70.5 Å². The Kier molecular flexibility index (Phi) is 4.79. The second-order valence-electron chi connectivity index (χ2n) is 6.60. The molecule has 0 radical (unpaired) electrons. The van der Waals surface area contributed by atoms with Crippen LogP contribution in [0.1, 0.15) is 57.4 Å². The summed E-state index contributed by atoms with van der Waals surface area (Å²) in [6.45, 7) is 4.11. The number of nitrogens with zero attached hydrogens (tertiary/aromatic N) is 1. The summed E-state index contributed by atoms with van der Waals surface area (Å²) in [6.07, 6.45) is 8.75. The molecule has 3 rings (SSSR count). The van der Waals surface area contributed by atoms with Crippen molar-refractivity contribution in [2.24, 2.45) is 0 Å². The molecule has 1 aliphatic carbocycles. The van der Waals surface area contributed by atoms with Gasteiger partial charge < -0.3 is 10.2 Å². The Hall–Kier alpha value is -1.09. The van der Waals surface area contributed by atoms with E-state index in [1.165, 1.54) is 44.9 Å². The molecule has 3 heteroatoms. The van der Waals surface area contributed by atoms with Gasteiger partial charge in [-0.05, 0) is 62.3 Å². The molecule has 2 nitrogen and oxygen atoms in total. The lowest BCUT2D eigenvalue weighted by molar-refractivity contribution is 0.434. The van der Waals surface area contributed by atoms with E-state index in [0.717, 1.165) is 24.3 Å². The van der Waals surface area contributed by atoms with Gasteiger partial charge in [0.25, 0.3) is 0 Å². The molecule has 1 aromatic carbocycles. The van der Waals surface area contributed by atoms with Gasteiger partial charge in [-0.25, -0.2) is 4.39 Å². The van der Waals surface area contributed by atoms with Crippen molar-refractivity contribution >= 4 is 5.69 Å². The Morgan fingerprint density at radius 2 is 2.05 bits per heavy atom. The summed E-state index contributed by atoms with van der Waals surface area (Å²) in [5, 5.41) is 3.48. The molecule has 1 aliphatic heterocycles. The number of rotatable bonds is 6. The quantitative estimate of drug-likeness (QED) is 0.843. The third-order valence-electron chi connectivity index (χ3n) is 4.70. The smallest absolute Gasteiger partial charge is 0.125 e. The highest BCUT2D eigenvalue weighted by atomic mass is 19.1. The van der Waals surface area contributed by atoms with E-state index in [0.29, 0.717) is 12.1 Å². The van der Waals surface area contributed by atoms with Crippen molar-refractivity contribution in [1.29, 1.82) is 0 Å². The molecule has 1 aromatic rings. The number of benzene rings is 1. The summed E-state index contributed by atoms with van der Waals surface area (Å²) in [5.74, 6) is -0.0964. The zero-order valence-corrected chi connectivity index (χ0v) is 13.1. The lowest BCUT2D eigenvalue weighted by atomic mass is 9.97. The number of hydrogen-bond acceptors (Lipinski definition) is 2. The minimum absolute atomic E-state index is 0.0964. The van der Waals surface area contributed by atoms with Crippen LogP contribution in [0, 0.1) is 5.82 Å². The summed E-state index contributed by atoms with van der Waals surface area (Å²) in [4.78, 5) is 2.44. The summed E-state index contributed by atoms with van der Waals surface area (Å²) in [7, 11) is 0. The molecular formula is C18H27FN2. The van der Waals surface area contributed by atoms with Gasteiger partial charge in [0.05, 0.1) is 0 Å². The molecule has 0 bridgehead atoms. The summed E-state index contributed by atoms with van der Waals surface area (Å²) < 4.78 is 14.0. The maximum absolute atomic E-state index is 14.0. The molecule has 0 aromatic heterocycles. The van der Waals surface area contributed by atoms with Crippen LogP contribution in [0.4, 0.5) is 10.1 Å². The molecule has 1 saturated carbocycles. The van der Waals surface area contributed by atoms with E-state index in [1.54, 1.807) is 12.1 Å². The standard InChI is InChI=1S/C18H27FN2/c1-2-5-17-6-3-4-9-21(17)18-11-14(10-15(19)12-18)13-20-16-7-8-16/h10-12,16-17,20H,2-9,13H2,1H3. The van der Waals surface area contributed by atoms with Gasteiger partial charge in [0, 0.05) is 30.9 Å². The molecule has 1 atom stereocenters. The highest BCUT2D eigenvalue weighted by Gasteiger charge is 2.23. The maximum Gasteiger partial charge on any atom is 0.125 e. The zero-order chi connectivity index (χ0) is 14.7. The Morgan fingerprint density at radius 1 is 1.19 bits per heavy atom. The molecule has 1 N–H and O–H groups in total. The monoisotopic (exact) mass is 290 g/mol. The van der Waals surface area contributed by atoms with Crippen molar-refractivity contribution < 1.29 is 4.39 Å². The van der Waals surface area contributed by atoms with Gasteiger partial charge in [0.15, 0.2) is 0 Å². The number of halogens is 1. The van der Waals surface area contributed by atoms with Crippen LogP contribution in [0.5, 0.6) is 0 Å². The Bertz CT molecular complexity index is 468. The van der Waals surface area contributed by atoms with Crippen molar-refractivity contribution in [3.63, 3.8) is 0 Å². The normalized spacial score (nSPS) is 22.6. The van der Waals surface area contributed by atoms with Gasteiger partial charge in [-0.1, -0.05) is 13.3 Å². The Labute approximate surface area is 127 Å². The van der Waals surface area contributed by atoms with E-state index >= 15 is 0 Å². The first-order valence-corrected chi connectivity index (χ1v) is 8.55. The second-order valence-corrected chi connectivity index (χ2v) is 6.60. The highest BCUT2D eigenvalue weighted by molar-refractivity contribution is 5.50. The third-order valence-corrected chi connectivity index (χ3v) is 4.70. The summed E-state index contributed by atoms with van der Waals surface area (Å²) >= 11 is 0. The zero-order valence-electron chi connectivity index (χ0n) is 13.1. The SMILES string of the molecule is CCCC1CCCCN1c1cc(F)cc(CNC2CC2)c1. The molecule has 1 unspecified atom stereocenters. The largest absolute Gasteiger partial charge is 0.368 e. The second kappa shape index (κ2) is 6.78. The van der Waals surface area contributed by atoms with Gasteiger partial charge in [-0.15, -0.1) is 0 Å². The van der Waals surface area contributed by atoms with E-state index in [4.69, 9.17) is 0 Å². The van der Waals surface area contributed by atoms with Gasteiger partial charge in [-0.3, -0.25) is 0 Å². The minimum Gasteiger partial charge on any atom is -0.368 e. The first-order valence-electron chi connectivity index (χ1n) is 8.55. The molecular weight excluding hydrogens is 263 g/mol. The van der Waals surface area contributed by atoms with Crippen LogP contribution in [-0.4, -0.2) is 18.6 Å². The molecule has 1 heterocycles. The van der Waals surface area contributed by atoms with Crippen LogP contribution in [0.25, 0.3) is 0 Å². The number of hydrogen-bond donors (Lipinski definition) is 1. The van der Waals surface area contributed by atoms with Crippen molar-refractivity contribution in [2.75, 3.05) is 11.4 Å². The van der Waals surface area contributed by atoms with E-state index in [9.17, 15) is 4.39 Å². The van der Waals surface area contributed by atoms with E-state index in [2.05, 4.69) is 23.2 Å². The van der Waals surface area contributed by atoms with Crippen LogP contribution in [0.15, 0.2) is 18.2 Å². The van der Waals surface area contributed by atoms with Crippen molar-refractivity contribution in [3.8, 4) is 0 Å². The van der Waals surface area contributed by atoms with Crippen LogP contribution in [0.2, 0.25) is 0 Å². The van der Waals surface area contributed by atoms with E-state index < -0.39 is 0 Å². The van der Waals surface area contributed by atoms with Gasteiger partial charge in [0.1, 0.15) is 5.82 Å². The predicted molar refractivity (Wildman–Crippen MR) is 86.2 cm³/mol. The lowest BCUT2D eigenvalue weighted by Gasteiger charge is -2.38. The molecule has 2 fully saturated rings. The summed E-state index contributed by atoms with van der Waals surface area (Å²) in [6, 6.07) is 6.84. The first kappa shape index (κ1) is 14.8. The highest BCUT2D eigenvalue weighted by Crippen LogP contribution is 2.29. The average molecular weight is 290 g/mol. The predicted octanol–water partition coefficient (Wildman–Crippen LogP) is 4.24. The maximum atomic E-state index is 14.0. The molecule has 0 amide bonds. The minimum atomic E-state index is -0.0964. The van der Waals surface area contributed by atoms with Crippen LogP contribution < -0.4 is 10.2 Å². The Balaban J connectivity index is 1.74. The summed E-state index contributed by atoms with van der Waals surface area (Å²) in [5.41, 5.74) is 2.17. The lowest BCUT2D eigenvalue weighted by Crippen LogP contribution is -2.39. The first-order chi connectivity index (χ1) is 10.3. The fourth-order valence-corrected chi connectivity index (χ4v) is 3.42. The van der Waals surface area contributed by atoms with Crippen molar-refractivity contribution in [3.05, 3.63) is 29.6 Å². The van der Waals surface area contributed by atoms with Gasteiger partial charge in [-0.2, -0.15) is 0 Å². The molecule has 0 spiro atoms. The fourth-order valence-electron chi connectivity index (χ4n) is 3.42. The molecule has 21 heavy (non-hydrogen) atoms. The third kappa shape index (κ3) is 3.97. The molecule has 2 aliphatic rings. The number of piperidine rings is 1. The van der Waals surface area contributed by atoms with Gasteiger partial charge in [0.2, 0.25) is 0 Å². The fraction of sp³-hybridized carbons (Fsp3) is 0.667. The number of anilines is 1.